The van der Waals surface area contributed by atoms with Gasteiger partial charge in [-0.15, -0.1) is 0 Å². The molecule has 0 radical (unpaired) electrons. The number of carbonyl (C=O) groups excluding carboxylic acids is 1. The second kappa shape index (κ2) is 7.82. The van der Waals surface area contributed by atoms with Crippen LogP contribution in [-0.2, 0) is 4.79 Å². The highest BCUT2D eigenvalue weighted by atomic mass is 16.2. The molecule has 138 valence electrons. The molecule has 1 atom stereocenters. The number of H-pyrrole nitrogens is 1. The first-order valence-electron chi connectivity index (χ1n) is 9.31. The van der Waals surface area contributed by atoms with E-state index in [4.69, 9.17) is 0 Å². The number of anilines is 1. The first-order chi connectivity index (χ1) is 12.8. The normalized spacial score (nSPS) is 21.8. The van der Waals surface area contributed by atoms with Crippen molar-refractivity contribution < 1.29 is 4.79 Å². The summed E-state index contributed by atoms with van der Waals surface area (Å²) in [6.07, 6.45) is 7.48. The monoisotopic (exact) mass is 355 g/mol. The summed E-state index contributed by atoms with van der Waals surface area (Å²) in [7, 11) is 0. The van der Waals surface area contributed by atoms with Crippen molar-refractivity contribution in [3.05, 3.63) is 36.4 Å². The van der Waals surface area contributed by atoms with E-state index in [0.29, 0.717) is 12.5 Å². The zero-order valence-corrected chi connectivity index (χ0v) is 14.9. The van der Waals surface area contributed by atoms with Crippen molar-refractivity contribution in [1.29, 1.82) is 0 Å². The smallest absolute Gasteiger partial charge is 0.236 e. The molecule has 0 aromatic carbocycles. The Labute approximate surface area is 153 Å². The predicted octanol–water partition coefficient (Wildman–Crippen LogP) is 0.728. The van der Waals surface area contributed by atoms with Gasteiger partial charge in [-0.3, -0.25) is 14.8 Å². The van der Waals surface area contributed by atoms with Gasteiger partial charge >= 0.3 is 0 Å². The van der Waals surface area contributed by atoms with Crippen LogP contribution in [0, 0.1) is 0 Å². The molecule has 26 heavy (non-hydrogen) atoms. The number of nitrogens with one attached hydrogen (secondary N) is 1. The number of aromatic nitrogens is 4. The number of hydrogen-bond acceptors (Lipinski definition) is 6. The highest BCUT2D eigenvalue weighted by Crippen LogP contribution is 2.25. The van der Waals surface area contributed by atoms with Gasteiger partial charge in [-0.25, -0.2) is 9.97 Å². The molecular formula is C18H25N7O. The Kier molecular flexibility index (Phi) is 5.10. The van der Waals surface area contributed by atoms with Gasteiger partial charge in [0, 0.05) is 69.5 Å². The Hall–Kier alpha value is -2.48. The highest BCUT2D eigenvalue weighted by molar-refractivity contribution is 5.78. The topological polar surface area (TPSA) is 81.2 Å². The van der Waals surface area contributed by atoms with E-state index in [2.05, 4.69) is 30.0 Å². The van der Waals surface area contributed by atoms with Crippen LogP contribution in [-0.4, -0.2) is 81.7 Å². The van der Waals surface area contributed by atoms with E-state index in [0.717, 1.165) is 63.8 Å². The molecular weight excluding hydrogens is 330 g/mol. The molecule has 0 saturated carbocycles. The average molecular weight is 355 g/mol. The third-order valence-electron chi connectivity index (χ3n) is 5.30. The number of piperazine rings is 1. The van der Waals surface area contributed by atoms with Crippen LogP contribution in [0.2, 0.25) is 0 Å². The van der Waals surface area contributed by atoms with Crippen LogP contribution < -0.4 is 4.90 Å². The molecule has 0 spiro atoms. The lowest BCUT2D eigenvalue weighted by atomic mass is 9.95. The summed E-state index contributed by atoms with van der Waals surface area (Å²) in [6, 6.07) is 3.84. The van der Waals surface area contributed by atoms with Crippen LogP contribution in [0.1, 0.15) is 24.5 Å². The van der Waals surface area contributed by atoms with Crippen LogP contribution in [0.3, 0.4) is 0 Å². The molecule has 1 amide bonds. The lowest BCUT2D eigenvalue weighted by molar-refractivity contribution is -0.133. The summed E-state index contributed by atoms with van der Waals surface area (Å²) < 4.78 is 0. The van der Waals surface area contributed by atoms with Gasteiger partial charge in [0.1, 0.15) is 0 Å². The minimum atomic E-state index is 0.235. The molecule has 4 rings (SSSR count). The number of carbonyl (C=O) groups is 1. The van der Waals surface area contributed by atoms with Crippen molar-refractivity contribution in [2.24, 2.45) is 0 Å². The summed E-state index contributed by atoms with van der Waals surface area (Å²) in [6.45, 7) is 5.59. The van der Waals surface area contributed by atoms with Gasteiger partial charge in [0.2, 0.25) is 11.9 Å². The largest absolute Gasteiger partial charge is 0.341 e. The summed E-state index contributed by atoms with van der Waals surface area (Å²) >= 11 is 0. The minimum absolute atomic E-state index is 0.235. The number of amides is 1. The van der Waals surface area contributed by atoms with Gasteiger partial charge in [-0.1, -0.05) is 0 Å². The first kappa shape index (κ1) is 17.0. The Morgan fingerprint density at radius 2 is 1.92 bits per heavy atom. The van der Waals surface area contributed by atoms with Crippen molar-refractivity contribution in [1.82, 2.24) is 30.0 Å². The van der Waals surface area contributed by atoms with Gasteiger partial charge in [0.25, 0.3) is 0 Å². The number of likely N-dealkylation sites (tertiary alicyclic amines) is 1. The fraction of sp³-hybridized carbons (Fsp3) is 0.556. The molecule has 8 nitrogen and oxygen atoms in total. The van der Waals surface area contributed by atoms with Gasteiger partial charge in [-0.05, 0) is 25.0 Å². The van der Waals surface area contributed by atoms with Crippen LogP contribution in [0.15, 0.2) is 30.7 Å². The van der Waals surface area contributed by atoms with E-state index in [1.807, 2.05) is 17.0 Å². The average Bonchev–Trinajstić information content (AvgIpc) is 3.24. The van der Waals surface area contributed by atoms with E-state index in [-0.39, 0.29) is 5.91 Å². The van der Waals surface area contributed by atoms with E-state index >= 15 is 0 Å². The van der Waals surface area contributed by atoms with Crippen LogP contribution in [0.25, 0.3) is 0 Å². The second-order valence-electron chi connectivity index (χ2n) is 7.00. The second-order valence-corrected chi connectivity index (χ2v) is 7.00. The molecule has 1 N–H and O–H groups in total. The Morgan fingerprint density at radius 3 is 2.65 bits per heavy atom. The number of aromatic amines is 1. The van der Waals surface area contributed by atoms with Crippen molar-refractivity contribution in [3.8, 4) is 0 Å². The lowest BCUT2D eigenvalue weighted by Crippen LogP contribution is -2.51. The molecule has 4 heterocycles. The molecule has 0 aliphatic carbocycles. The molecule has 2 aromatic rings. The quantitative estimate of drug-likeness (QED) is 0.871. The minimum Gasteiger partial charge on any atom is -0.341 e. The molecule has 2 fully saturated rings. The Morgan fingerprint density at radius 1 is 1.12 bits per heavy atom. The van der Waals surface area contributed by atoms with E-state index in [9.17, 15) is 4.79 Å². The number of nitrogens with zero attached hydrogens (tertiary/aromatic N) is 6. The first-order valence-corrected chi connectivity index (χ1v) is 9.31. The SMILES string of the molecule is O=C(CN1CCN(c2ncccn2)CC1)N1CCC[C@@H](c2ccn[nH]2)C1. The fourth-order valence-electron chi connectivity index (χ4n) is 3.80. The number of hydrogen-bond donors (Lipinski definition) is 1. The van der Waals surface area contributed by atoms with Gasteiger partial charge < -0.3 is 9.80 Å². The van der Waals surface area contributed by atoms with Crippen molar-refractivity contribution in [3.63, 3.8) is 0 Å². The highest BCUT2D eigenvalue weighted by Gasteiger charge is 2.27. The van der Waals surface area contributed by atoms with Crippen LogP contribution in [0.4, 0.5) is 5.95 Å². The number of piperidine rings is 1. The lowest BCUT2D eigenvalue weighted by Gasteiger charge is -2.37. The third-order valence-corrected chi connectivity index (χ3v) is 5.30. The third kappa shape index (κ3) is 3.85. The van der Waals surface area contributed by atoms with Crippen molar-refractivity contribution >= 4 is 11.9 Å². The number of rotatable bonds is 4. The molecule has 2 saturated heterocycles. The molecule has 0 unspecified atom stereocenters. The zero-order chi connectivity index (χ0) is 17.8. The standard InChI is InChI=1S/C18H25N7O/c26-17(25-8-1-3-15(13-25)16-4-7-21-22-16)14-23-9-11-24(12-10-23)18-19-5-2-6-20-18/h2,4-7,15H,1,3,8-14H2,(H,21,22)/t15-/m1/s1. The summed E-state index contributed by atoms with van der Waals surface area (Å²) in [4.78, 5) is 27.8. The molecule has 2 aromatic heterocycles. The Balaban J connectivity index is 1.27. The molecule has 2 aliphatic heterocycles. The van der Waals surface area contributed by atoms with Crippen molar-refractivity contribution in [2.75, 3.05) is 50.7 Å². The van der Waals surface area contributed by atoms with E-state index < -0.39 is 0 Å². The maximum Gasteiger partial charge on any atom is 0.236 e. The van der Waals surface area contributed by atoms with Gasteiger partial charge in [0.05, 0.1) is 6.54 Å². The van der Waals surface area contributed by atoms with Crippen LogP contribution in [0.5, 0.6) is 0 Å². The summed E-state index contributed by atoms with van der Waals surface area (Å²) in [5.74, 6) is 1.39. The maximum atomic E-state index is 12.8. The van der Waals surface area contributed by atoms with E-state index in [1.165, 1.54) is 0 Å². The van der Waals surface area contributed by atoms with Gasteiger partial charge in [0.15, 0.2) is 0 Å². The van der Waals surface area contributed by atoms with Gasteiger partial charge in [-0.2, -0.15) is 5.10 Å². The summed E-state index contributed by atoms with van der Waals surface area (Å²) in [5, 5.41) is 7.09. The molecule has 2 aliphatic rings. The Bertz CT molecular complexity index is 698. The van der Waals surface area contributed by atoms with Crippen LogP contribution >= 0.6 is 0 Å². The zero-order valence-electron chi connectivity index (χ0n) is 14.9. The predicted molar refractivity (Wildman–Crippen MR) is 97.8 cm³/mol. The van der Waals surface area contributed by atoms with Crippen molar-refractivity contribution in [2.45, 2.75) is 18.8 Å². The maximum absolute atomic E-state index is 12.8. The summed E-state index contributed by atoms with van der Waals surface area (Å²) in [5.41, 5.74) is 1.14. The fourth-order valence-corrected chi connectivity index (χ4v) is 3.80. The molecule has 0 bridgehead atoms. The van der Waals surface area contributed by atoms with E-state index in [1.54, 1.807) is 18.6 Å². The molecule has 8 heteroatoms.